The maximum atomic E-state index is 12.1. The summed E-state index contributed by atoms with van der Waals surface area (Å²) in [5.74, 6) is -1.44. The van der Waals surface area contributed by atoms with E-state index in [1.54, 1.807) is 12.1 Å². The number of aromatic amines is 2. The molecule has 0 bridgehead atoms. The van der Waals surface area contributed by atoms with Crippen molar-refractivity contribution < 1.29 is 19.1 Å². The van der Waals surface area contributed by atoms with Crippen LogP contribution in [0.1, 0.15) is 20.7 Å². The molecule has 0 fully saturated rings. The zero-order valence-electron chi connectivity index (χ0n) is 11.1. The lowest BCUT2D eigenvalue weighted by Gasteiger charge is -2.06. The highest BCUT2D eigenvalue weighted by Gasteiger charge is 2.21. The monoisotopic (exact) mass is 298 g/mol. The van der Waals surface area contributed by atoms with Crippen molar-refractivity contribution in [2.45, 2.75) is 0 Å². The molecule has 0 spiro atoms. The van der Waals surface area contributed by atoms with E-state index in [0.717, 1.165) is 0 Å². The van der Waals surface area contributed by atoms with Gasteiger partial charge in [-0.1, -0.05) is 12.1 Å². The van der Waals surface area contributed by atoms with Gasteiger partial charge in [-0.25, -0.2) is 19.6 Å². The summed E-state index contributed by atoms with van der Waals surface area (Å²) in [5, 5.41) is 0. The first-order valence-corrected chi connectivity index (χ1v) is 6.26. The molecule has 2 aromatic heterocycles. The second-order valence-corrected chi connectivity index (χ2v) is 4.11. The maximum Gasteiger partial charge on any atom is 0.346 e. The van der Waals surface area contributed by atoms with Crippen LogP contribution >= 0.6 is 0 Å². The Hall–Kier alpha value is -3.42. The summed E-state index contributed by atoms with van der Waals surface area (Å²) in [4.78, 5) is 37.1. The van der Waals surface area contributed by atoms with Crippen molar-refractivity contribution in [1.82, 2.24) is 19.9 Å². The first-order chi connectivity index (χ1) is 10.7. The molecule has 0 radical (unpaired) electrons. The Balaban J connectivity index is 1.83. The van der Waals surface area contributed by atoms with Gasteiger partial charge in [-0.3, -0.25) is 0 Å². The lowest BCUT2D eigenvalue weighted by atomic mass is 10.1. The number of imidazole rings is 2. The highest BCUT2D eigenvalue weighted by molar-refractivity contribution is 6.04. The molecule has 1 aromatic carbocycles. The van der Waals surface area contributed by atoms with Gasteiger partial charge in [0.15, 0.2) is 0 Å². The van der Waals surface area contributed by atoms with Crippen LogP contribution in [0, 0.1) is 0 Å². The number of aromatic nitrogens is 4. The predicted molar refractivity (Wildman–Crippen MR) is 73.5 cm³/mol. The Morgan fingerprint density at radius 1 is 0.818 bits per heavy atom. The fourth-order valence-electron chi connectivity index (χ4n) is 1.74. The lowest BCUT2D eigenvalue weighted by molar-refractivity contribution is 0.0677. The van der Waals surface area contributed by atoms with Crippen molar-refractivity contribution in [3.05, 3.63) is 60.2 Å². The fourth-order valence-corrected chi connectivity index (χ4v) is 1.74. The van der Waals surface area contributed by atoms with E-state index in [9.17, 15) is 9.59 Å². The second-order valence-electron chi connectivity index (χ2n) is 4.11. The van der Waals surface area contributed by atoms with Crippen LogP contribution < -0.4 is 9.47 Å². The average molecular weight is 298 g/mol. The van der Waals surface area contributed by atoms with Gasteiger partial charge in [0.05, 0.1) is 11.1 Å². The smallest absolute Gasteiger partial charge is 0.346 e. The molecular formula is C14H10N4O4. The lowest BCUT2D eigenvalue weighted by Crippen LogP contribution is -2.18. The number of rotatable bonds is 4. The van der Waals surface area contributed by atoms with Crippen molar-refractivity contribution in [2.75, 3.05) is 0 Å². The number of carbonyl (C=O) groups is 2. The number of H-pyrrole nitrogens is 2. The van der Waals surface area contributed by atoms with Gasteiger partial charge in [0, 0.05) is 24.8 Å². The predicted octanol–water partition coefficient (Wildman–Crippen LogP) is 1.57. The van der Waals surface area contributed by atoms with E-state index in [1.165, 1.54) is 36.9 Å². The molecule has 8 nitrogen and oxygen atoms in total. The van der Waals surface area contributed by atoms with E-state index in [2.05, 4.69) is 19.9 Å². The van der Waals surface area contributed by atoms with E-state index in [1.807, 2.05) is 0 Å². The number of nitrogens with zero attached hydrogens (tertiary/aromatic N) is 2. The molecule has 0 saturated heterocycles. The first kappa shape index (κ1) is 13.6. The summed E-state index contributed by atoms with van der Waals surface area (Å²) in [7, 11) is 0. The molecule has 0 aliphatic heterocycles. The van der Waals surface area contributed by atoms with Gasteiger partial charge >= 0.3 is 24.0 Å². The standard InChI is InChI=1S/C14H10N4O4/c19-11(21-13-15-5-6-16-13)9-3-1-2-4-10(9)12(20)22-14-17-7-8-18-14/h1-8H,(H,15,16)(H,17,18). The quantitative estimate of drug-likeness (QED) is 0.707. The van der Waals surface area contributed by atoms with E-state index in [-0.39, 0.29) is 23.1 Å². The van der Waals surface area contributed by atoms with Crippen molar-refractivity contribution in [1.29, 1.82) is 0 Å². The van der Waals surface area contributed by atoms with Gasteiger partial charge in [-0.15, -0.1) is 0 Å². The number of hydrogen-bond donors (Lipinski definition) is 2. The third-order valence-corrected chi connectivity index (χ3v) is 2.69. The third-order valence-electron chi connectivity index (χ3n) is 2.69. The van der Waals surface area contributed by atoms with E-state index in [0.29, 0.717) is 0 Å². The normalized spacial score (nSPS) is 10.2. The van der Waals surface area contributed by atoms with Gasteiger partial charge in [-0.05, 0) is 12.1 Å². The molecule has 8 heteroatoms. The molecule has 2 heterocycles. The zero-order chi connectivity index (χ0) is 15.4. The van der Waals surface area contributed by atoms with Crippen LogP contribution in [0.15, 0.2) is 49.1 Å². The van der Waals surface area contributed by atoms with Crippen LogP contribution in [0.4, 0.5) is 0 Å². The van der Waals surface area contributed by atoms with Crippen molar-refractivity contribution >= 4 is 11.9 Å². The molecule has 0 amide bonds. The summed E-state index contributed by atoms with van der Waals surface area (Å²) >= 11 is 0. The zero-order valence-corrected chi connectivity index (χ0v) is 11.1. The number of ether oxygens (including phenoxy) is 2. The van der Waals surface area contributed by atoms with E-state index in [4.69, 9.17) is 9.47 Å². The molecule has 3 aromatic rings. The Labute approximate surface area is 124 Å². The maximum absolute atomic E-state index is 12.1. The van der Waals surface area contributed by atoms with Gasteiger partial charge in [0.25, 0.3) is 0 Å². The Morgan fingerprint density at radius 2 is 1.27 bits per heavy atom. The van der Waals surface area contributed by atoms with E-state index >= 15 is 0 Å². The summed E-state index contributed by atoms with van der Waals surface area (Å²) < 4.78 is 10.1. The molecular weight excluding hydrogens is 288 g/mol. The van der Waals surface area contributed by atoms with Crippen LogP contribution in [0.25, 0.3) is 0 Å². The van der Waals surface area contributed by atoms with Gasteiger partial charge in [0.2, 0.25) is 0 Å². The van der Waals surface area contributed by atoms with E-state index < -0.39 is 11.9 Å². The number of benzene rings is 1. The topological polar surface area (TPSA) is 110 Å². The Morgan fingerprint density at radius 3 is 1.64 bits per heavy atom. The van der Waals surface area contributed by atoms with Gasteiger partial charge in [-0.2, -0.15) is 0 Å². The largest absolute Gasteiger partial charge is 0.388 e. The Bertz CT molecular complexity index is 714. The van der Waals surface area contributed by atoms with Gasteiger partial charge < -0.3 is 19.4 Å². The molecule has 3 rings (SSSR count). The van der Waals surface area contributed by atoms with Crippen molar-refractivity contribution in [3.8, 4) is 12.0 Å². The molecule has 0 unspecified atom stereocenters. The van der Waals surface area contributed by atoms with Crippen LogP contribution in [0.5, 0.6) is 12.0 Å². The minimum atomic E-state index is -0.720. The summed E-state index contributed by atoms with van der Waals surface area (Å²) in [5.41, 5.74) is 0.130. The highest BCUT2D eigenvalue weighted by atomic mass is 16.6. The van der Waals surface area contributed by atoms with Crippen LogP contribution in [0.3, 0.4) is 0 Å². The molecule has 0 saturated carbocycles. The average Bonchev–Trinajstić information content (AvgIpc) is 3.21. The molecule has 0 aliphatic carbocycles. The molecule has 2 N–H and O–H groups in total. The molecule has 0 atom stereocenters. The molecule has 110 valence electrons. The SMILES string of the molecule is O=C(Oc1ncc[nH]1)c1ccccc1C(=O)Oc1ncc[nH]1. The third kappa shape index (κ3) is 2.85. The summed E-state index contributed by atoms with van der Waals surface area (Å²) in [6.07, 6.45) is 5.92. The minimum Gasteiger partial charge on any atom is -0.388 e. The number of esters is 2. The van der Waals surface area contributed by atoms with Crippen molar-refractivity contribution in [2.24, 2.45) is 0 Å². The molecule has 0 aliphatic rings. The van der Waals surface area contributed by atoms with Crippen LogP contribution in [-0.2, 0) is 0 Å². The van der Waals surface area contributed by atoms with Crippen LogP contribution in [-0.4, -0.2) is 31.9 Å². The summed E-state index contributed by atoms with van der Waals surface area (Å²) in [6, 6.07) is 6.23. The fraction of sp³-hybridized carbons (Fsp3) is 0. The van der Waals surface area contributed by atoms with Crippen LogP contribution in [0.2, 0.25) is 0 Å². The Kier molecular flexibility index (Phi) is 3.65. The summed E-state index contributed by atoms with van der Waals surface area (Å²) in [6.45, 7) is 0. The number of nitrogens with one attached hydrogen (secondary N) is 2. The highest BCUT2D eigenvalue weighted by Crippen LogP contribution is 2.14. The number of carbonyl (C=O) groups excluding carboxylic acids is 2. The number of hydrogen-bond acceptors (Lipinski definition) is 6. The second kappa shape index (κ2) is 5.92. The van der Waals surface area contributed by atoms with Crippen molar-refractivity contribution in [3.63, 3.8) is 0 Å². The minimum absolute atomic E-state index is 0.0409. The first-order valence-electron chi connectivity index (χ1n) is 6.26. The van der Waals surface area contributed by atoms with Gasteiger partial charge in [0.1, 0.15) is 0 Å². The molecule has 22 heavy (non-hydrogen) atoms.